The van der Waals surface area contributed by atoms with Crippen LogP contribution in [0.2, 0.25) is 0 Å². The van der Waals surface area contributed by atoms with Gasteiger partial charge in [0.25, 0.3) is 0 Å². The van der Waals surface area contributed by atoms with E-state index >= 15 is 0 Å². The third-order valence-electron chi connectivity index (χ3n) is 4.44. The van der Waals surface area contributed by atoms with Gasteiger partial charge in [-0.05, 0) is 41.0 Å². The number of amides is 1. The Labute approximate surface area is 148 Å². The Bertz CT molecular complexity index is 731. The molecule has 0 N–H and O–H groups in total. The number of carbonyl (C=O) groups is 1. The molecule has 1 aliphatic rings. The Kier molecular flexibility index (Phi) is 5.89. The summed E-state index contributed by atoms with van der Waals surface area (Å²) in [7, 11) is 1.67. The van der Waals surface area contributed by atoms with Crippen LogP contribution in [0, 0.1) is 0 Å². The lowest BCUT2D eigenvalue weighted by atomic mass is 10.0. The average molecular weight is 343 g/mol. The van der Waals surface area contributed by atoms with Crippen LogP contribution < -0.4 is 4.74 Å². The van der Waals surface area contributed by atoms with Gasteiger partial charge in [0.05, 0.1) is 20.3 Å². The smallest absolute Gasteiger partial charge is 0.248 e. The van der Waals surface area contributed by atoms with E-state index in [0.29, 0.717) is 26.3 Å². The highest BCUT2D eigenvalue weighted by atomic mass is 16.5. The fourth-order valence-electron chi connectivity index (χ4n) is 3.04. The van der Waals surface area contributed by atoms with Crippen molar-refractivity contribution in [3.05, 3.63) is 42.0 Å². The van der Waals surface area contributed by atoms with Crippen LogP contribution in [0.1, 0.15) is 25.0 Å². The Morgan fingerprint density at radius 3 is 2.84 bits per heavy atom. The van der Waals surface area contributed by atoms with Crippen LogP contribution in [0.5, 0.6) is 5.75 Å². The van der Waals surface area contributed by atoms with Crippen LogP contribution in [0.15, 0.2) is 36.4 Å². The van der Waals surface area contributed by atoms with Crippen molar-refractivity contribution >= 4 is 16.7 Å². The Hall–Kier alpha value is -2.11. The molecule has 0 bridgehead atoms. The Balaban J connectivity index is 1.70. The van der Waals surface area contributed by atoms with E-state index in [2.05, 4.69) is 18.2 Å². The lowest BCUT2D eigenvalue weighted by molar-refractivity contribution is -0.143. The summed E-state index contributed by atoms with van der Waals surface area (Å²) in [6, 6.07) is 12.3. The molecular weight excluding hydrogens is 318 g/mol. The molecule has 1 fully saturated rings. The molecule has 0 radical (unpaired) electrons. The molecule has 134 valence electrons. The standard InChI is InChI=1S/C20H25NO4/c1-3-9-24-14-20(22)21-8-10-25-19(13-21)17-5-4-16-12-18(23-2)7-6-15(16)11-17/h4-7,11-12,19H,3,8-10,13-14H2,1-2H3/t19-/m0/s1. The first-order chi connectivity index (χ1) is 12.2. The number of morpholine rings is 1. The summed E-state index contributed by atoms with van der Waals surface area (Å²) in [5.74, 6) is 0.880. The third kappa shape index (κ3) is 4.30. The van der Waals surface area contributed by atoms with Gasteiger partial charge in [0.2, 0.25) is 5.91 Å². The van der Waals surface area contributed by atoms with E-state index in [-0.39, 0.29) is 18.6 Å². The lowest BCUT2D eigenvalue weighted by Gasteiger charge is -2.33. The van der Waals surface area contributed by atoms with Crippen molar-refractivity contribution in [1.29, 1.82) is 0 Å². The van der Waals surface area contributed by atoms with E-state index in [9.17, 15) is 4.79 Å². The zero-order chi connectivity index (χ0) is 17.6. The molecule has 2 aromatic rings. The van der Waals surface area contributed by atoms with Gasteiger partial charge in [-0.2, -0.15) is 0 Å². The third-order valence-corrected chi connectivity index (χ3v) is 4.44. The second-order valence-corrected chi connectivity index (χ2v) is 6.22. The number of nitrogens with zero attached hydrogens (tertiary/aromatic N) is 1. The monoisotopic (exact) mass is 343 g/mol. The summed E-state index contributed by atoms with van der Waals surface area (Å²) in [6.45, 7) is 4.53. The van der Waals surface area contributed by atoms with Crippen molar-refractivity contribution in [2.45, 2.75) is 19.4 Å². The van der Waals surface area contributed by atoms with Gasteiger partial charge in [0.1, 0.15) is 18.5 Å². The second kappa shape index (κ2) is 8.32. The van der Waals surface area contributed by atoms with Gasteiger partial charge in [0.15, 0.2) is 0 Å². The van der Waals surface area contributed by atoms with Crippen LogP contribution in [0.25, 0.3) is 10.8 Å². The van der Waals surface area contributed by atoms with E-state index in [4.69, 9.17) is 14.2 Å². The highest BCUT2D eigenvalue weighted by Gasteiger charge is 2.25. The van der Waals surface area contributed by atoms with E-state index in [1.807, 2.05) is 30.0 Å². The number of benzene rings is 2. The number of hydrogen-bond donors (Lipinski definition) is 0. The van der Waals surface area contributed by atoms with Crippen LogP contribution in [0.3, 0.4) is 0 Å². The first kappa shape index (κ1) is 17.7. The van der Waals surface area contributed by atoms with Crippen molar-refractivity contribution in [2.24, 2.45) is 0 Å². The molecule has 1 atom stereocenters. The zero-order valence-corrected chi connectivity index (χ0v) is 14.9. The largest absolute Gasteiger partial charge is 0.497 e. The number of ether oxygens (including phenoxy) is 3. The van der Waals surface area contributed by atoms with E-state index in [0.717, 1.165) is 28.5 Å². The van der Waals surface area contributed by atoms with Crippen LogP contribution in [0.4, 0.5) is 0 Å². The molecule has 1 aliphatic heterocycles. The van der Waals surface area contributed by atoms with Gasteiger partial charge in [-0.15, -0.1) is 0 Å². The zero-order valence-electron chi connectivity index (χ0n) is 14.9. The SMILES string of the molecule is CCCOCC(=O)N1CCO[C@H](c2ccc3cc(OC)ccc3c2)C1. The molecule has 5 nitrogen and oxygen atoms in total. The van der Waals surface area contributed by atoms with Crippen LogP contribution in [-0.2, 0) is 14.3 Å². The van der Waals surface area contributed by atoms with Gasteiger partial charge < -0.3 is 19.1 Å². The Morgan fingerprint density at radius 2 is 2.04 bits per heavy atom. The Morgan fingerprint density at radius 1 is 1.24 bits per heavy atom. The molecule has 1 saturated heterocycles. The van der Waals surface area contributed by atoms with Gasteiger partial charge in [0, 0.05) is 13.2 Å². The fraction of sp³-hybridized carbons (Fsp3) is 0.450. The van der Waals surface area contributed by atoms with E-state index < -0.39 is 0 Å². The fourth-order valence-corrected chi connectivity index (χ4v) is 3.04. The van der Waals surface area contributed by atoms with Crippen molar-refractivity contribution < 1.29 is 19.0 Å². The first-order valence-electron chi connectivity index (χ1n) is 8.76. The predicted molar refractivity (Wildman–Crippen MR) is 96.9 cm³/mol. The number of fused-ring (bicyclic) bond motifs is 1. The number of hydrogen-bond acceptors (Lipinski definition) is 4. The molecule has 0 spiro atoms. The molecule has 0 aromatic heterocycles. The summed E-state index contributed by atoms with van der Waals surface area (Å²) in [5.41, 5.74) is 1.09. The molecule has 0 aliphatic carbocycles. The topological polar surface area (TPSA) is 48.0 Å². The lowest BCUT2D eigenvalue weighted by Crippen LogP contribution is -2.43. The summed E-state index contributed by atoms with van der Waals surface area (Å²) in [6.07, 6.45) is 0.816. The number of rotatable bonds is 6. The quantitative estimate of drug-likeness (QED) is 0.756. The molecule has 25 heavy (non-hydrogen) atoms. The highest BCUT2D eigenvalue weighted by molar-refractivity contribution is 5.84. The van der Waals surface area contributed by atoms with Crippen molar-refractivity contribution in [3.8, 4) is 5.75 Å². The average Bonchev–Trinajstić information content (AvgIpc) is 2.67. The molecule has 5 heteroatoms. The minimum atomic E-state index is -0.102. The summed E-state index contributed by atoms with van der Waals surface area (Å²) >= 11 is 0. The van der Waals surface area contributed by atoms with Crippen LogP contribution in [-0.4, -0.2) is 50.8 Å². The van der Waals surface area contributed by atoms with Gasteiger partial charge in [-0.25, -0.2) is 0 Å². The summed E-state index contributed by atoms with van der Waals surface area (Å²) in [5, 5.41) is 2.26. The van der Waals surface area contributed by atoms with E-state index in [1.165, 1.54) is 0 Å². The van der Waals surface area contributed by atoms with Gasteiger partial charge in [-0.1, -0.05) is 25.1 Å². The van der Waals surface area contributed by atoms with Crippen molar-refractivity contribution in [1.82, 2.24) is 4.90 Å². The van der Waals surface area contributed by atoms with Gasteiger partial charge >= 0.3 is 0 Å². The van der Waals surface area contributed by atoms with Crippen molar-refractivity contribution in [3.63, 3.8) is 0 Å². The minimum Gasteiger partial charge on any atom is -0.497 e. The number of methoxy groups -OCH3 is 1. The molecule has 0 unspecified atom stereocenters. The summed E-state index contributed by atoms with van der Waals surface area (Å²) < 4.78 is 16.5. The normalized spacial score (nSPS) is 17.7. The first-order valence-corrected chi connectivity index (χ1v) is 8.76. The maximum Gasteiger partial charge on any atom is 0.248 e. The molecule has 1 amide bonds. The molecular formula is C20H25NO4. The molecule has 3 rings (SSSR count). The minimum absolute atomic E-state index is 0.0345. The molecule has 1 heterocycles. The van der Waals surface area contributed by atoms with Gasteiger partial charge in [-0.3, -0.25) is 4.79 Å². The number of carbonyl (C=O) groups excluding carboxylic acids is 1. The maximum absolute atomic E-state index is 12.3. The van der Waals surface area contributed by atoms with Crippen LogP contribution >= 0.6 is 0 Å². The van der Waals surface area contributed by atoms with E-state index in [1.54, 1.807) is 7.11 Å². The maximum atomic E-state index is 12.3. The second-order valence-electron chi connectivity index (χ2n) is 6.22. The molecule has 0 saturated carbocycles. The van der Waals surface area contributed by atoms with Crippen molar-refractivity contribution in [2.75, 3.05) is 40.0 Å². The molecule has 2 aromatic carbocycles. The summed E-state index contributed by atoms with van der Waals surface area (Å²) in [4.78, 5) is 14.1. The predicted octanol–water partition coefficient (Wildman–Crippen LogP) is 3.17. The highest BCUT2D eigenvalue weighted by Crippen LogP contribution is 2.27.